The molecule has 3 nitrogen and oxygen atoms in total. The van der Waals surface area contributed by atoms with Crippen molar-refractivity contribution in [2.75, 3.05) is 0 Å². The molecule has 21 aromatic carbocycles. The number of hydrogen-bond donors (Lipinski definition) is 0. The Morgan fingerprint density at radius 1 is 0.142 bits per heavy atom. The van der Waals surface area contributed by atoms with Crippen LogP contribution in [0.2, 0.25) is 0 Å². The zero-order chi connectivity index (χ0) is 83.6. The molecule has 6 aromatic heterocycles. The van der Waals surface area contributed by atoms with Gasteiger partial charge in [0.15, 0.2) is 0 Å². The van der Waals surface area contributed by atoms with Crippen LogP contribution in [0.4, 0.5) is 0 Å². The first-order valence-electron chi connectivity index (χ1n) is 43.3. The fourth-order valence-corrected chi connectivity index (χ4v) is 23.6. The second-order valence-corrected chi connectivity index (χ2v) is 36.1. The van der Waals surface area contributed by atoms with Crippen molar-refractivity contribution in [3.05, 3.63) is 443 Å². The Morgan fingerprint density at radius 2 is 0.394 bits per heavy atom. The highest BCUT2D eigenvalue weighted by molar-refractivity contribution is 7.27. The topological polar surface area (TPSA) is 38.7 Å². The van der Waals surface area contributed by atoms with E-state index in [0.717, 1.165) is 50.3 Å². The molecule has 27 aromatic rings. The van der Waals surface area contributed by atoms with E-state index in [1.54, 1.807) is 0 Å². The molecular formula is C121H73N3S3. The molecule has 27 rings (SSSR count). The minimum Gasteiger partial charge on any atom is -0.246 e. The molecule has 0 saturated carbocycles. The smallest absolute Gasteiger partial charge is 0.0888 e. The predicted octanol–water partition coefficient (Wildman–Crippen LogP) is 35.2. The van der Waals surface area contributed by atoms with Gasteiger partial charge in [0.25, 0.3) is 0 Å². The van der Waals surface area contributed by atoms with Gasteiger partial charge in [-0.1, -0.05) is 394 Å². The van der Waals surface area contributed by atoms with E-state index >= 15 is 0 Å². The quantitative estimate of drug-likeness (QED) is 0.112. The molecule has 0 atom stereocenters. The molecule has 0 fully saturated rings. The van der Waals surface area contributed by atoms with Crippen LogP contribution in [0.5, 0.6) is 0 Å². The maximum Gasteiger partial charge on any atom is 0.0888 e. The molecular weight excluding hydrogens is 1590 g/mol. The summed E-state index contributed by atoms with van der Waals surface area (Å²) in [6, 6.07) is 160. The number of thiophene rings is 3. The highest BCUT2D eigenvalue weighted by Crippen LogP contribution is 2.51. The van der Waals surface area contributed by atoms with Crippen LogP contribution in [0.1, 0.15) is 0 Å². The molecule has 0 aliphatic carbocycles. The molecule has 0 bridgehead atoms. The summed E-state index contributed by atoms with van der Waals surface area (Å²) in [7, 11) is 0. The number of benzene rings is 21. The van der Waals surface area contributed by atoms with Crippen LogP contribution in [0.3, 0.4) is 0 Å². The van der Waals surface area contributed by atoms with Crippen LogP contribution in [0, 0.1) is 0 Å². The maximum absolute atomic E-state index is 5.25. The Kier molecular flexibility index (Phi) is 17.9. The molecule has 0 N–H and O–H groups in total. The van der Waals surface area contributed by atoms with Crippen molar-refractivity contribution < 1.29 is 0 Å². The minimum absolute atomic E-state index is 1.03. The normalized spacial score (nSPS) is 11.8. The highest BCUT2D eigenvalue weighted by atomic mass is 32.1. The van der Waals surface area contributed by atoms with Gasteiger partial charge in [-0.15, -0.1) is 34.0 Å². The number of pyridine rings is 3. The Bertz CT molecular complexity index is 9030. The predicted molar refractivity (Wildman–Crippen MR) is 550 cm³/mol. The van der Waals surface area contributed by atoms with Gasteiger partial charge in [-0.3, -0.25) is 0 Å². The van der Waals surface area contributed by atoms with Gasteiger partial charge in [0.05, 0.1) is 47.7 Å². The van der Waals surface area contributed by atoms with E-state index in [1.165, 1.54) is 208 Å². The van der Waals surface area contributed by atoms with Crippen LogP contribution in [-0.2, 0) is 0 Å². The first-order valence-corrected chi connectivity index (χ1v) is 45.7. The third kappa shape index (κ3) is 12.5. The molecule has 0 unspecified atom stereocenters. The number of hydrogen-bond acceptors (Lipinski definition) is 6. The second-order valence-electron chi connectivity index (χ2n) is 32.9. The van der Waals surface area contributed by atoms with Crippen molar-refractivity contribution in [2.24, 2.45) is 0 Å². The molecule has 0 saturated heterocycles. The lowest BCUT2D eigenvalue weighted by atomic mass is 9.85. The first-order chi connectivity index (χ1) is 63.0. The van der Waals surface area contributed by atoms with Gasteiger partial charge < -0.3 is 0 Å². The summed E-state index contributed by atoms with van der Waals surface area (Å²) in [5.41, 5.74) is 22.2. The fourth-order valence-electron chi connectivity index (χ4n) is 19.9. The van der Waals surface area contributed by atoms with Crippen molar-refractivity contribution in [3.8, 4) is 89.4 Å². The van der Waals surface area contributed by atoms with Crippen molar-refractivity contribution >= 4 is 203 Å². The Hall–Kier alpha value is -15.7. The van der Waals surface area contributed by atoms with Gasteiger partial charge in [0, 0.05) is 79.3 Å². The first kappa shape index (κ1) is 74.0. The van der Waals surface area contributed by atoms with Crippen LogP contribution in [-0.4, -0.2) is 15.0 Å². The van der Waals surface area contributed by atoms with Crippen molar-refractivity contribution in [2.45, 2.75) is 0 Å². The van der Waals surface area contributed by atoms with Gasteiger partial charge in [-0.05, 0) is 180 Å². The lowest BCUT2D eigenvalue weighted by Gasteiger charge is -2.18. The van der Waals surface area contributed by atoms with Crippen LogP contribution in [0.15, 0.2) is 443 Å². The SMILES string of the molecule is c1ccc(-c2c3ccccc3c(-c3ccc(-c4nc5ccccc5c5c4sc4ccccc45)cc3)c3ccccc23)cc1.c1ccc2c(c1)ccc1cc(-c3ccc(-c4nc5ccccc5c5c4sc4ccccc45)cc3)ccc12.c1ccc2cc(-c3c4ccccc4c(-c4ccc(-c5nc6ccccc6c6c5sc5ccccc56)cc4)c4ccccc34)ccc2c1. The number of nitrogens with zero attached hydrogens (tertiary/aromatic N) is 3. The molecule has 127 heavy (non-hydrogen) atoms. The van der Waals surface area contributed by atoms with E-state index in [0.29, 0.717) is 0 Å². The van der Waals surface area contributed by atoms with Crippen molar-refractivity contribution in [3.63, 3.8) is 0 Å². The van der Waals surface area contributed by atoms with Crippen LogP contribution in [0.25, 0.3) is 258 Å². The molecule has 0 amide bonds. The van der Waals surface area contributed by atoms with E-state index in [4.69, 9.17) is 15.0 Å². The molecule has 0 aliphatic rings. The number of para-hydroxylation sites is 3. The highest BCUT2D eigenvalue weighted by Gasteiger charge is 2.24. The van der Waals surface area contributed by atoms with Gasteiger partial charge in [-0.25, -0.2) is 15.0 Å². The van der Waals surface area contributed by atoms with Gasteiger partial charge in [0.2, 0.25) is 0 Å². The second kappa shape index (κ2) is 30.7. The lowest BCUT2D eigenvalue weighted by molar-refractivity contribution is 1.44. The molecule has 6 heterocycles. The van der Waals surface area contributed by atoms with Gasteiger partial charge >= 0.3 is 0 Å². The zero-order valence-electron chi connectivity index (χ0n) is 68.7. The Morgan fingerprint density at radius 3 is 0.795 bits per heavy atom. The van der Waals surface area contributed by atoms with E-state index in [9.17, 15) is 0 Å². The summed E-state index contributed by atoms with van der Waals surface area (Å²) in [4.78, 5) is 15.6. The summed E-state index contributed by atoms with van der Waals surface area (Å²) < 4.78 is 7.64. The molecule has 0 radical (unpaired) electrons. The third-order valence-electron chi connectivity index (χ3n) is 25.7. The van der Waals surface area contributed by atoms with E-state index in [1.807, 2.05) is 34.0 Å². The standard InChI is InChI=1S/C45H27NS.C41H25NS.C35H21NS/c1-2-12-31-27-32(26-21-28(31)11-1)42-35-15-5-3-13-33(35)41(34-14-4-6-16-36(34)42)29-22-24-30(25-23-29)44-45-43(37-17-7-9-19-39(37)46-44)38-18-8-10-20-40(38)47-45;1-2-12-26(13-3-1)37-29-14-4-6-16-31(29)38(32-17-7-5-15-30(32)37)27-22-24-28(25-23-27)40-41-39(33-18-8-10-20-35(33)42-40)34-19-9-11-21-36(34)43-41;1-2-8-27-23(7-1)15-18-26-21-25(19-20-28(26)27)22-13-16-24(17-14-22)34-35-33(29-9-3-5-11-31(29)36-34)30-10-4-6-12-32(30)37-35/h1-27H;1-25H;1-21H. The van der Waals surface area contributed by atoms with Gasteiger partial charge in [0.1, 0.15) is 0 Å². The average molecular weight is 1670 g/mol. The fraction of sp³-hybridized carbons (Fsp3) is 0. The van der Waals surface area contributed by atoms with Crippen molar-refractivity contribution in [1.82, 2.24) is 15.0 Å². The third-order valence-corrected chi connectivity index (χ3v) is 29.3. The minimum atomic E-state index is 1.03. The zero-order valence-corrected chi connectivity index (χ0v) is 71.2. The molecule has 0 spiro atoms. The van der Waals surface area contributed by atoms with E-state index in [-0.39, 0.29) is 0 Å². The van der Waals surface area contributed by atoms with Crippen molar-refractivity contribution in [1.29, 1.82) is 0 Å². The van der Waals surface area contributed by atoms with Gasteiger partial charge in [-0.2, -0.15) is 0 Å². The monoisotopic (exact) mass is 1660 g/mol. The van der Waals surface area contributed by atoms with Crippen LogP contribution < -0.4 is 0 Å². The number of fused-ring (bicyclic) bond motifs is 23. The number of rotatable bonds is 8. The molecule has 590 valence electrons. The summed E-state index contributed by atoms with van der Waals surface area (Å²) >= 11 is 5.52. The Labute approximate surface area is 744 Å². The largest absolute Gasteiger partial charge is 0.246 e. The molecule has 6 heteroatoms. The lowest BCUT2D eigenvalue weighted by Crippen LogP contribution is -1.91. The van der Waals surface area contributed by atoms with E-state index in [2.05, 4.69) is 443 Å². The Balaban J connectivity index is 0.000000104. The average Bonchev–Trinajstić information content (AvgIpc) is 1.69. The van der Waals surface area contributed by atoms with Crippen LogP contribution >= 0.6 is 34.0 Å². The van der Waals surface area contributed by atoms with E-state index < -0.39 is 0 Å². The summed E-state index contributed by atoms with van der Waals surface area (Å²) in [6.45, 7) is 0. The molecule has 0 aliphatic heterocycles. The summed E-state index contributed by atoms with van der Waals surface area (Å²) in [6.07, 6.45) is 0. The number of aromatic nitrogens is 3. The maximum atomic E-state index is 5.25. The summed E-state index contributed by atoms with van der Waals surface area (Å²) in [5, 5.41) is 29.3. The summed E-state index contributed by atoms with van der Waals surface area (Å²) in [5.74, 6) is 0.